The van der Waals surface area contributed by atoms with E-state index in [0.717, 1.165) is 5.56 Å². The summed E-state index contributed by atoms with van der Waals surface area (Å²) in [7, 11) is 1.64. The number of carbonyl (C=O) groups excluding carboxylic acids is 1. The maximum Gasteiger partial charge on any atom is 0.267 e. The average molecular weight is 431 g/mol. The van der Waals surface area contributed by atoms with E-state index in [9.17, 15) is 9.59 Å². The molecule has 7 nitrogen and oxygen atoms in total. The summed E-state index contributed by atoms with van der Waals surface area (Å²) in [4.78, 5) is 34.7. The topological polar surface area (TPSA) is 67.2 Å². The molecule has 2 saturated heterocycles. The van der Waals surface area contributed by atoms with Crippen LogP contribution in [0.25, 0.3) is 11.7 Å². The Kier molecular flexibility index (Phi) is 5.22. The van der Waals surface area contributed by atoms with E-state index in [0.29, 0.717) is 39.3 Å². The number of carbonyl (C=O) groups is 1. The van der Waals surface area contributed by atoms with Gasteiger partial charge >= 0.3 is 0 Å². The zero-order valence-electron chi connectivity index (χ0n) is 16.7. The minimum absolute atomic E-state index is 0.0127. The zero-order valence-corrected chi connectivity index (χ0v) is 18.3. The molecule has 0 N–H and O–H groups in total. The van der Waals surface area contributed by atoms with Gasteiger partial charge in [0.1, 0.15) is 15.8 Å². The number of hydrogen-bond donors (Lipinski definition) is 0. The van der Waals surface area contributed by atoms with Crippen LogP contribution >= 0.6 is 24.0 Å². The molecule has 0 radical (unpaired) electrons. The van der Waals surface area contributed by atoms with Crippen molar-refractivity contribution >= 4 is 51.7 Å². The maximum absolute atomic E-state index is 13.4. The molecule has 0 bridgehead atoms. The summed E-state index contributed by atoms with van der Waals surface area (Å²) in [6, 6.07) is 3.76. The van der Waals surface area contributed by atoms with Crippen molar-refractivity contribution in [2.75, 3.05) is 25.0 Å². The molecule has 0 aromatic carbocycles. The standard InChI is InChI=1S/C20H22N4O3S2/c1-11-5-6-16-21-17(23-9-12(2)27-13(3)10-23)14(18(25)24(16)8-11)7-15-19(26)22(4)20(28)29-15/h5-8,12-13H,9-10H2,1-4H3. The Morgan fingerprint density at radius 1 is 1.24 bits per heavy atom. The second kappa shape index (κ2) is 7.55. The van der Waals surface area contributed by atoms with Gasteiger partial charge in [-0.2, -0.15) is 0 Å². The number of thiocarbonyl (C=S) groups is 1. The molecule has 2 atom stereocenters. The van der Waals surface area contributed by atoms with E-state index in [1.165, 1.54) is 21.1 Å². The quantitative estimate of drug-likeness (QED) is 0.536. The number of morpholine rings is 1. The molecule has 2 aromatic heterocycles. The molecule has 29 heavy (non-hydrogen) atoms. The lowest BCUT2D eigenvalue weighted by Crippen LogP contribution is -2.46. The Labute approximate surface area is 178 Å². The lowest BCUT2D eigenvalue weighted by Gasteiger charge is -2.36. The van der Waals surface area contributed by atoms with Crippen LogP contribution in [0.5, 0.6) is 0 Å². The fraction of sp³-hybridized carbons (Fsp3) is 0.400. The Morgan fingerprint density at radius 2 is 1.93 bits per heavy atom. The van der Waals surface area contributed by atoms with Crippen molar-refractivity contribution in [2.24, 2.45) is 0 Å². The molecule has 2 fully saturated rings. The third-order valence-electron chi connectivity index (χ3n) is 4.97. The van der Waals surface area contributed by atoms with Gasteiger partial charge in [-0.25, -0.2) is 4.98 Å². The number of nitrogens with zero attached hydrogens (tertiary/aromatic N) is 4. The average Bonchev–Trinajstić information content (AvgIpc) is 2.90. The normalized spacial score (nSPS) is 24.2. The van der Waals surface area contributed by atoms with Crippen LogP contribution in [0.4, 0.5) is 5.82 Å². The molecule has 2 aliphatic rings. The Hall–Kier alpha value is -2.23. The predicted octanol–water partition coefficient (Wildman–Crippen LogP) is 2.45. The summed E-state index contributed by atoms with van der Waals surface area (Å²) in [6.45, 7) is 7.17. The molecular formula is C20H22N4O3S2. The largest absolute Gasteiger partial charge is 0.372 e. The number of anilines is 1. The number of thioether (sulfide) groups is 1. The van der Waals surface area contributed by atoms with Crippen molar-refractivity contribution in [2.45, 2.75) is 33.0 Å². The molecule has 0 saturated carbocycles. The fourth-order valence-corrected chi connectivity index (χ4v) is 4.80. The van der Waals surface area contributed by atoms with Crippen LogP contribution in [0, 0.1) is 6.92 Å². The number of amides is 1. The Bertz CT molecular complexity index is 1100. The molecule has 1 amide bonds. The lowest BCUT2D eigenvalue weighted by atomic mass is 10.1. The van der Waals surface area contributed by atoms with Gasteiger partial charge in [0.05, 0.1) is 22.7 Å². The van der Waals surface area contributed by atoms with Crippen molar-refractivity contribution in [3.8, 4) is 0 Å². The maximum atomic E-state index is 13.4. The number of likely N-dealkylation sites (N-methyl/N-ethyl adjacent to an activating group) is 1. The van der Waals surface area contributed by atoms with E-state index >= 15 is 0 Å². The van der Waals surface area contributed by atoms with Gasteiger partial charge in [-0.3, -0.25) is 18.9 Å². The third kappa shape index (κ3) is 3.70. The minimum atomic E-state index is -0.207. The van der Waals surface area contributed by atoms with Gasteiger partial charge in [0.2, 0.25) is 0 Å². The summed E-state index contributed by atoms with van der Waals surface area (Å²) in [5, 5.41) is 0. The number of fused-ring (bicyclic) bond motifs is 1. The molecular weight excluding hydrogens is 408 g/mol. The lowest BCUT2D eigenvalue weighted by molar-refractivity contribution is -0.121. The predicted molar refractivity (Wildman–Crippen MR) is 119 cm³/mol. The highest BCUT2D eigenvalue weighted by atomic mass is 32.2. The molecule has 152 valence electrons. The number of hydrogen-bond acceptors (Lipinski definition) is 7. The molecule has 2 unspecified atom stereocenters. The van der Waals surface area contributed by atoms with Crippen molar-refractivity contribution in [3.63, 3.8) is 0 Å². The van der Waals surface area contributed by atoms with Gasteiger partial charge in [0.15, 0.2) is 0 Å². The molecule has 2 aromatic rings. The summed E-state index contributed by atoms with van der Waals surface area (Å²) in [5.41, 5.74) is 1.71. The van der Waals surface area contributed by atoms with Gasteiger partial charge < -0.3 is 9.64 Å². The van der Waals surface area contributed by atoms with Crippen LogP contribution < -0.4 is 10.5 Å². The van der Waals surface area contributed by atoms with E-state index in [4.69, 9.17) is 21.9 Å². The number of rotatable bonds is 2. The van der Waals surface area contributed by atoms with E-state index in [-0.39, 0.29) is 23.7 Å². The van der Waals surface area contributed by atoms with Gasteiger partial charge in [-0.15, -0.1) is 0 Å². The molecule has 0 spiro atoms. The van der Waals surface area contributed by atoms with Gasteiger partial charge in [-0.1, -0.05) is 30.0 Å². The SMILES string of the molecule is Cc1ccc2nc(N3CC(C)OC(C)C3)c(C=C3SC(=S)N(C)C3=O)c(=O)n2c1. The van der Waals surface area contributed by atoms with Crippen LogP contribution in [0.1, 0.15) is 25.0 Å². The van der Waals surface area contributed by atoms with Gasteiger partial charge in [0.25, 0.3) is 11.5 Å². The number of aryl methyl sites for hydroxylation is 1. The van der Waals surface area contributed by atoms with E-state index in [2.05, 4.69) is 4.90 Å². The summed E-state index contributed by atoms with van der Waals surface area (Å²) < 4.78 is 7.85. The molecule has 2 aliphatic heterocycles. The number of aromatic nitrogens is 2. The zero-order chi connectivity index (χ0) is 20.9. The molecule has 4 rings (SSSR count). The Balaban J connectivity index is 1.93. The van der Waals surface area contributed by atoms with Crippen LogP contribution in [-0.4, -0.2) is 56.9 Å². The van der Waals surface area contributed by atoms with Crippen molar-refractivity contribution in [1.29, 1.82) is 0 Å². The fourth-order valence-electron chi connectivity index (χ4n) is 3.64. The summed E-state index contributed by atoms with van der Waals surface area (Å²) >= 11 is 6.43. The van der Waals surface area contributed by atoms with E-state index < -0.39 is 0 Å². The first-order valence-corrected chi connectivity index (χ1v) is 10.6. The highest BCUT2D eigenvalue weighted by Crippen LogP contribution is 2.33. The highest BCUT2D eigenvalue weighted by Gasteiger charge is 2.31. The van der Waals surface area contributed by atoms with Crippen molar-refractivity contribution in [1.82, 2.24) is 14.3 Å². The van der Waals surface area contributed by atoms with Gasteiger partial charge in [-0.05, 0) is 38.5 Å². The van der Waals surface area contributed by atoms with Crippen molar-refractivity contribution < 1.29 is 9.53 Å². The first kappa shape index (κ1) is 20.1. The van der Waals surface area contributed by atoms with E-state index in [1.807, 2.05) is 32.9 Å². The second-order valence-corrected chi connectivity index (χ2v) is 9.17. The minimum Gasteiger partial charge on any atom is -0.372 e. The third-order valence-corrected chi connectivity index (χ3v) is 6.45. The van der Waals surface area contributed by atoms with Crippen molar-refractivity contribution in [3.05, 3.63) is 44.7 Å². The highest BCUT2D eigenvalue weighted by molar-refractivity contribution is 8.26. The molecule has 9 heteroatoms. The van der Waals surface area contributed by atoms with Crippen LogP contribution in [0.2, 0.25) is 0 Å². The number of pyridine rings is 1. The molecule has 0 aliphatic carbocycles. The first-order valence-electron chi connectivity index (χ1n) is 9.39. The monoisotopic (exact) mass is 430 g/mol. The number of ether oxygens (including phenoxy) is 1. The Morgan fingerprint density at radius 3 is 2.55 bits per heavy atom. The van der Waals surface area contributed by atoms with Gasteiger partial charge in [0, 0.05) is 26.3 Å². The summed E-state index contributed by atoms with van der Waals surface area (Å²) in [6.07, 6.45) is 3.42. The second-order valence-electron chi connectivity index (χ2n) is 7.49. The summed E-state index contributed by atoms with van der Waals surface area (Å²) in [5.74, 6) is 0.366. The van der Waals surface area contributed by atoms with Crippen LogP contribution in [0.3, 0.4) is 0 Å². The van der Waals surface area contributed by atoms with Crippen LogP contribution in [0.15, 0.2) is 28.0 Å². The smallest absolute Gasteiger partial charge is 0.267 e. The van der Waals surface area contributed by atoms with Crippen LogP contribution in [-0.2, 0) is 9.53 Å². The first-order chi connectivity index (χ1) is 13.7. The van der Waals surface area contributed by atoms with E-state index in [1.54, 1.807) is 19.3 Å². The molecule has 4 heterocycles.